The van der Waals surface area contributed by atoms with Crippen LogP contribution < -0.4 is 0 Å². The van der Waals surface area contributed by atoms with E-state index in [9.17, 15) is 4.39 Å². The number of pyridine rings is 1. The van der Waals surface area contributed by atoms with Gasteiger partial charge in [0.15, 0.2) is 0 Å². The van der Waals surface area contributed by atoms with Crippen LogP contribution in [-0.2, 0) is 6.42 Å². The standard InChI is InChI=1S/C9H8FN3.ClH/c10-9-3-1-2-8(13-9)4-7-5-11-12-6-7;/h1-3,5-6H,4H2,(H,11,12);1H. The molecule has 0 saturated heterocycles. The van der Waals surface area contributed by atoms with Gasteiger partial charge in [-0.05, 0) is 17.7 Å². The first kappa shape index (κ1) is 10.7. The van der Waals surface area contributed by atoms with Gasteiger partial charge in [-0.15, -0.1) is 12.4 Å². The molecule has 14 heavy (non-hydrogen) atoms. The van der Waals surface area contributed by atoms with Crippen molar-refractivity contribution in [2.24, 2.45) is 0 Å². The van der Waals surface area contributed by atoms with Gasteiger partial charge in [-0.2, -0.15) is 9.49 Å². The van der Waals surface area contributed by atoms with E-state index in [1.165, 1.54) is 6.07 Å². The Balaban J connectivity index is 0.000000980. The third-order valence-electron chi connectivity index (χ3n) is 1.71. The molecule has 5 heteroatoms. The van der Waals surface area contributed by atoms with Crippen molar-refractivity contribution in [3.05, 3.63) is 47.8 Å². The average molecular weight is 214 g/mol. The summed E-state index contributed by atoms with van der Waals surface area (Å²) >= 11 is 0. The van der Waals surface area contributed by atoms with E-state index in [1.54, 1.807) is 24.5 Å². The molecule has 2 heterocycles. The van der Waals surface area contributed by atoms with Crippen molar-refractivity contribution in [2.45, 2.75) is 6.42 Å². The zero-order valence-corrected chi connectivity index (χ0v) is 8.09. The van der Waals surface area contributed by atoms with Crippen LogP contribution in [0, 0.1) is 5.95 Å². The number of nitrogens with one attached hydrogen (secondary N) is 1. The molecule has 2 rings (SSSR count). The summed E-state index contributed by atoms with van der Waals surface area (Å²) in [6.45, 7) is 0. The van der Waals surface area contributed by atoms with Crippen LogP contribution in [0.15, 0.2) is 30.6 Å². The maximum Gasteiger partial charge on any atom is 0.213 e. The van der Waals surface area contributed by atoms with Gasteiger partial charge in [0.25, 0.3) is 0 Å². The number of hydrogen-bond acceptors (Lipinski definition) is 2. The van der Waals surface area contributed by atoms with Crippen molar-refractivity contribution >= 4 is 12.4 Å². The van der Waals surface area contributed by atoms with Crippen LogP contribution in [0.4, 0.5) is 4.39 Å². The monoisotopic (exact) mass is 213 g/mol. The molecule has 2 aromatic heterocycles. The molecular formula is C9H9ClFN3. The van der Waals surface area contributed by atoms with Crippen LogP contribution in [0.25, 0.3) is 0 Å². The lowest BCUT2D eigenvalue weighted by molar-refractivity contribution is 0.578. The first-order valence-electron chi connectivity index (χ1n) is 3.94. The van der Waals surface area contributed by atoms with Crippen molar-refractivity contribution in [1.82, 2.24) is 15.2 Å². The lowest BCUT2D eigenvalue weighted by atomic mass is 10.2. The second-order valence-electron chi connectivity index (χ2n) is 2.73. The Morgan fingerprint density at radius 2 is 2.21 bits per heavy atom. The van der Waals surface area contributed by atoms with Gasteiger partial charge >= 0.3 is 0 Å². The highest BCUT2D eigenvalue weighted by Crippen LogP contribution is 2.05. The van der Waals surface area contributed by atoms with Gasteiger partial charge in [0.2, 0.25) is 5.95 Å². The van der Waals surface area contributed by atoms with Gasteiger partial charge in [-0.25, -0.2) is 4.98 Å². The maximum absolute atomic E-state index is 12.7. The smallest absolute Gasteiger partial charge is 0.213 e. The van der Waals surface area contributed by atoms with E-state index >= 15 is 0 Å². The van der Waals surface area contributed by atoms with Crippen molar-refractivity contribution in [1.29, 1.82) is 0 Å². The Morgan fingerprint density at radius 3 is 2.86 bits per heavy atom. The van der Waals surface area contributed by atoms with Gasteiger partial charge in [0.1, 0.15) is 0 Å². The van der Waals surface area contributed by atoms with Gasteiger partial charge in [-0.3, -0.25) is 5.10 Å². The van der Waals surface area contributed by atoms with Crippen LogP contribution in [0.2, 0.25) is 0 Å². The van der Waals surface area contributed by atoms with Crippen LogP contribution >= 0.6 is 12.4 Å². The number of nitrogens with zero attached hydrogens (tertiary/aromatic N) is 2. The predicted octanol–water partition coefficient (Wildman–Crippen LogP) is 1.96. The minimum Gasteiger partial charge on any atom is -0.285 e. The fourth-order valence-corrected chi connectivity index (χ4v) is 1.13. The molecular weight excluding hydrogens is 205 g/mol. The molecule has 0 fully saturated rings. The fraction of sp³-hybridized carbons (Fsp3) is 0.111. The number of aromatic nitrogens is 3. The van der Waals surface area contributed by atoms with Gasteiger partial charge in [0, 0.05) is 18.3 Å². The minimum atomic E-state index is -0.444. The molecule has 0 aliphatic rings. The van der Waals surface area contributed by atoms with E-state index in [2.05, 4.69) is 15.2 Å². The third-order valence-corrected chi connectivity index (χ3v) is 1.71. The first-order chi connectivity index (χ1) is 6.34. The molecule has 3 nitrogen and oxygen atoms in total. The van der Waals surface area contributed by atoms with Crippen LogP contribution in [-0.4, -0.2) is 15.2 Å². The molecule has 0 saturated carbocycles. The fourth-order valence-electron chi connectivity index (χ4n) is 1.13. The Morgan fingerprint density at radius 1 is 1.36 bits per heavy atom. The SMILES string of the molecule is Cl.Fc1cccc(Cc2cn[nH]c2)n1. The van der Waals surface area contributed by atoms with Crippen LogP contribution in [0.3, 0.4) is 0 Å². The number of H-pyrrole nitrogens is 1. The zero-order valence-electron chi connectivity index (χ0n) is 7.27. The summed E-state index contributed by atoms with van der Waals surface area (Å²) in [6, 6.07) is 4.77. The summed E-state index contributed by atoms with van der Waals surface area (Å²) in [4.78, 5) is 3.74. The lowest BCUT2D eigenvalue weighted by Gasteiger charge is -1.96. The van der Waals surface area contributed by atoms with Crippen molar-refractivity contribution < 1.29 is 4.39 Å². The summed E-state index contributed by atoms with van der Waals surface area (Å²) in [5.74, 6) is -0.444. The molecule has 0 bridgehead atoms. The highest BCUT2D eigenvalue weighted by Gasteiger charge is 1.99. The summed E-state index contributed by atoms with van der Waals surface area (Å²) in [5.41, 5.74) is 1.71. The molecule has 0 spiro atoms. The number of hydrogen-bond donors (Lipinski definition) is 1. The molecule has 0 unspecified atom stereocenters. The third kappa shape index (κ3) is 2.53. The second kappa shape index (κ2) is 4.72. The van der Waals surface area contributed by atoms with Crippen LogP contribution in [0.5, 0.6) is 0 Å². The van der Waals surface area contributed by atoms with Gasteiger partial charge in [0.05, 0.1) is 6.20 Å². The van der Waals surface area contributed by atoms with Crippen molar-refractivity contribution in [3.8, 4) is 0 Å². The highest BCUT2D eigenvalue weighted by molar-refractivity contribution is 5.85. The van der Waals surface area contributed by atoms with Gasteiger partial charge < -0.3 is 0 Å². The Kier molecular flexibility index (Phi) is 3.59. The molecule has 74 valence electrons. The van der Waals surface area contributed by atoms with E-state index in [0.29, 0.717) is 12.1 Å². The Bertz CT molecular complexity index is 389. The predicted molar refractivity (Wildman–Crippen MR) is 52.8 cm³/mol. The quantitative estimate of drug-likeness (QED) is 0.775. The average Bonchev–Trinajstić information content (AvgIpc) is 2.57. The van der Waals surface area contributed by atoms with E-state index in [4.69, 9.17) is 0 Å². The minimum absolute atomic E-state index is 0. The molecule has 0 aromatic carbocycles. The number of aromatic amines is 1. The second-order valence-corrected chi connectivity index (χ2v) is 2.73. The van der Waals surface area contributed by atoms with E-state index < -0.39 is 5.95 Å². The maximum atomic E-state index is 12.7. The van der Waals surface area contributed by atoms with E-state index in [0.717, 1.165) is 5.56 Å². The van der Waals surface area contributed by atoms with Crippen molar-refractivity contribution in [2.75, 3.05) is 0 Å². The Hall–Kier alpha value is -1.42. The van der Waals surface area contributed by atoms with Gasteiger partial charge in [-0.1, -0.05) is 6.07 Å². The number of halogens is 2. The van der Waals surface area contributed by atoms with E-state index in [1.807, 2.05) is 0 Å². The molecule has 0 amide bonds. The van der Waals surface area contributed by atoms with E-state index in [-0.39, 0.29) is 12.4 Å². The molecule has 0 aliphatic heterocycles. The summed E-state index contributed by atoms with van der Waals surface area (Å²) < 4.78 is 12.7. The molecule has 0 atom stereocenters. The number of rotatable bonds is 2. The molecule has 0 aliphatic carbocycles. The summed E-state index contributed by atoms with van der Waals surface area (Å²) in [7, 11) is 0. The summed E-state index contributed by atoms with van der Waals surface area (Å²) in [6.07, 6.45) is 4.08. The lowest BCUT2D eigenvalue weighted by Crippen LogP contribution is -1.92. The normalized spacial score (nSPS) is 9.50. The Labute approximate surface area is 86.8 Å². The molecule has 2 aromatic rings. The first-order valence-corrected chi connectivity index (χ1v) is 3.94. The van der Waals surface area contributed by atoms with Crippen molar-refractivity contribution in [3.63, 3.8) is 0 Å². The molecule has 1 N–H and O–H groups in total. The topological polar surface area (TPSA) is 41.6 Å². The highest BCUT2D eigenvalue weighted by atomic mass is 35.5. The summed E-state index contributed by atoms with van der Waals surface area (Å²) in [5, 5.41) is 6.49. The van der Waals surface area contributed by atoms with Crippen LogP contribution in [0.1, 0.15) is 11.3 Å². The molecule has 0 radical (unpaired) electrons. The zero-order chi connectivity index (χ0) is 9.10. The largest absolute Gasteiger partial charge is 0.285 e.